The molecule has 8 heteroatoms. The van der Waals surface area contributed by atoms with E-state index in [1.165, 1.54) is 4.57 Å². The van der Waals surface area contributed by atoms with Gasteiger partial charge in [0.15, 0.2) is 15.4 Å². The SMILES string of the molecule is CS(=O)(=O)c1ccc(-c2ccc3oc(=O)c4[nH]c(=O)n(-c5ccccc5)c4c3c2)cc1. The summed E-state index contributed by atoms with van der Waals surface area (Å²) in [6.45, 7) is 0. The minimum Gasteiger partial charge on any atom is -0.421 e. The van der Waals surface area contributed by atoms with Crippen molar-refractivity contribution in [1.82, 2.24) is 9.55 Å². The zero-order chi connectivity index (χ0) is 21.8. The van der Waals surface area contributed by atoms with Gasteiger partial charge in [-0.1, -0.05) is 36.4 Å². The van der Waals surface area contributed by atoms with Crippen LogP contribution >= 0.6 is 0 Å². The lowest BCUT2D eigenvalue weighted by molar-refractivity contribution is 0.568. The number of hydrogen-bond donors (Lipinski definition) is 1. The highest BCUT2D eigenvalue weighted by molar-refractivity contribution is 7.90. The Morgan fingerprint density at radius 3 is 2.23 bits per heavy atom. The van der Waals surface area contributed by atoms with E-state index in [9.17, 15) is 18.0 Å². The van der Waals surface area contributed by atoms with Gasteiger partial charge in [-0.2, -0.15) is 0 Å². The maximum atomic E-state index is 12.7. The van der Waals surface area contributed by atoms with E-state index < -0.39 is 21.2 Å². The summed E-state index contributed by atoms with van der Waals surface area (Å²) in [4.78, 5) is 28.0. The van der Waals surface area contributed by atoms with E-state index in [-0.39, 0.29) is 10.4 Å². The first-order valence-corrected chi connectivity index (χ1v) is 11.3. The maximum absolute atomic E-state index is 12.7. The molecule has 0 amide bonds. The first-order chi connectivity index (χ1) is 14.8. The predicted octanol–water partition coefficient (Wildman–Crippen LogP) is 3.50. The van der Waals surface area contributed by atoms with E-state index >= 15 is 0 Å². The van der Waals surface area contributed by atoms with E-state index in [0.29, 0.717) is 22.2 Å². The number of sulfone groups is 1. The Kier molecular flexibility index (Phi) is 4.19. The summed E-state index contributed by atoms with van der Waals surface area (Å²) in [5, 5.41) is 0.585. The van der Waals surface area contributed by atoms with Gasteiger partial charge in [-0.25, -0.2) is 18.0 Å². The Labute approximate surface area is 176 Å². The Hall–Kier alpha value is -3.91. The maximum Gasteiger partial charge on any atom is 0.362 e. The fraction of sp³-hybridized carbons (Fsp3) is 0.0435. The molecule has 0 aliphatic carbocycles. The second-order valence-electron chi connectivity index (χ2n) is 7.22. The van der Waals surface area contributed by atoms with Crippen molar-refractivity contribution in [2.75, 3.05) is 6.26 Å². The lowest BCUT2D eigenvalue weighted by atomic mass is 10.0. The molecule has 0 fully saturated rings. The summed E-state index contributed by atoms with van der Waals surface area (Å²) in [5.41, 5.74) is 1.99. The smallest absolute Gasteiger partial charge is 0.362 e. The molecule has 3 aromatic carbocycles. The molecule has 7 nitrogen and oxygen atoms in total. The summed E-state index contributed by atoms with van der Waals surface area (Å²) in [6.07, 6.45) is 1.16. The number of imidazole rings is 1. The number of H-pyrrole nitrogens is 1. The van der Waals surface area contributed by atoms with E-state index in [0.717, 1.165) is 17.4 Å². The molecule has 2 heterocycles. The standard InChI is InChI=1S/C23H16N2O5S/c1-31(28,29)17-10-7-14(8-11-17)15-9-12-19-18(13-15)21-20(22(26)30-19)24-23(27)25(21)16-5-3-2-4-6-16/h2-13H,1H3,(H,24,27). The largest absolute Gasteiger partial charge is 0.421 e. The number of hydrogen-bond acceptors (Lipinski definition) is 5. The molecule has 0 saturated carbocycles. The number of fused-ring (bicyclic) bond motifs is 3. The monoisotopic (exact) mass is 432 g/mol. The van der Waals surface area contributed by atoms with Crippen molar-refractivity contribution < 1.29 is 12.8 Å². The highest BCUT2D eigenvalue weighted by Crippen LogP contribution is 2.29. The number of nitrogens with one attached hydrogen (secondary N) is 1. The van der Waals surface area contributed by atoms with E-state index in [2.05, 4.69) is 4.98 Å². The van der Waals surface area contributed by atoms with Crippen molar-refractivity contribution in [2.24, 2.45) is 0 Å². The van der Waals surface area contributed by atoms with Crippen molar-refractivity contribution in [3.05, 3.63) is 93.7 Å². The van der Waals surface area contributed by atoms with Crippen molar-refractivity contribution in [3.8, 4) is 16.8 Å². The molecular weight excluding hydrogens is 416 g/mol. The van der Waals surface area contributed by atoms with E-state index in [1.54, 1.807) is 48.5 Å². The number of aromatic nitrogens is 2. The summed E-state index contributed by atoms with van der Waals surface area (Å²) in [6, 6.07) is 20.8. The molecule has 5 rings (SSSR count). The van der Waals surface area contributed by atoms with Crippen LogP contribution in [-0.4, -0.2) is 24.2 Å². The van der Waals surface area contributed by atoms with E-state index in [4.69, 9.17) is 4.42 Å². The number of benzene rings is 3. The van der Waals surface area contributed by atoms with Gasteiger partial charge in [0.1, 0.15) is 5.58 Å². The van der Waals surface area contributed by atoms with Crippen molar-refractivity contribution in [3.63, 3.8) is 0 Å². The quantitative estimate of drug-likeness (QED) is 0.440. The molecule has 0 aliphatic rings. The summed E-state index contributed by atoms with van der Waals surface area (Å²) >= 11 is 0. The summed E-state index contributed by atoms with van der Waals surface area (Å²) in [7, 11) is -3.30. The minimum atomic E-state index is -3.30. The summed E-state index contributed by atoms with van der Waals surface area (Å²) < 4.78 is 30.3. The second kappa shape index (κ2) is 6.82. The molecule has 0 unspecified atom stereocenters. The van der Waals surface area contributed by atoms with Crippen LogP contribution in [0, 0.1) is 0 Å². The molecule has 1 N–H and O–H groups in total. The van der Waals surface area contributed by atoms with Crippen molar-refractivity contribution in [1.29, 1.82) is 0 Å². The first-order valence-electron chi connectivity index (χ1n) is 9.40. The van der Waals surface area contributed by atoms with Crippen LogP contribution in [-0.2, 0) is 9.84 Å². The van der Waals surface area contributed by atoms with Crippen molar-refractivity contribution >= 4 is 31.8 Å². The molecule has 0 spiro atoms. The van der Waals surface area contributed by atoms with Crippen LogP contribution in [0.2, 0.25) is 0 Å². The normalized spacial score (nSPS) is 11.9. The molecule has 0 atom stereocenters. The Morgan fingerprint density at radius 1 is 0.871 bits per heavy atom. The number of rotatable bonds is 3. The van der Waals surface area contributed by atoms with Crippen LogP contribution in [0.15, 0.2) is 91.7 Å². The number of nitrogens with zero attached hydrogens (tertiary/aromatic N) is 1. The zero-order valence-corrected chi connectivity index (χ0v) is 17.1. The van der Waals surface area contributed by atoms with Crippen LogP contribution in [0.5, 0.6) is 0 Å². The summed E-state index contributed by atoms with van der Waals surface area (Å²) in [5.74, 6) is 0. The van der Waals surface area contributed by atoms with Crippen LogP contribution in [0.1, 0.15) is 0 Å². The lowest BCUT2D eigenvalue weighted by Crippen LogP contribution is -2.14. The Bertz CT molecular complexity index is 1680. The van der Waals surface area contributed by atoms with Crippen LogP contribution in [0.3, 0.4) is 0 Å². The highest BCUT2D eigenvalue weighted by Gasteiger charge is 2.17. The van der Waals surface area contributed by atoms with Gasteiger partial charge in [-0.3, -0.25) is 9.55 Å². The third kappa shape index (κ3) is 3.17. The molecule has 0 saturated heterocycles. The van der Waals surface area contributed by atoms with Crippen molar-refractivity contribution in [2.45, 2.75) is 4.90 Å². The lowest BCUT2D eigenvalue weighted by Gasteiger charge is -2.08. The van der Waals surface area contributed by atoms with Gasteiger partial charge in [-0.05, 0) is 47.5 Å². The topological polar surface area (TPSA) is 102 Å². The molecule has 31 heavy (non-hydrogen) atoms. The minimum absolute atomic E-state index is 0.0888. The third-order valence-electron chi connectivity index (χ3n) is 5.17. The average Bonchev–Trinajstić information content (AvgIpc) is 3.12. The van der Waals surface area contributed by atoms with Gasteiger partial charge in [0, 0.05) is 11.6 Å². The average molecular weight is 432 g/mol. The Balaban J connectivity index is 1.80. The van der Waals surface area contributed by atoms with Gasteiger partial charge in [0.25, 0.3) is 0 Å². The van der Waals surface area contributed by atoms with Gasteiger partial charge in [0.05, 0.1) is 16.1 Å². The van der Waals surface area contributed by atoms with Crippen LogP contribution in [0.25, 0.3) is 38.8 Å². The molecule has 154 valence electrons. The third-order valence-corrected chi connectivity index (χ3v) is 6.30. The number of aromatic amines is 1. The fourth-order valence-corrected chi connectivity index (χ4v) is 4.32. The van der Waals surface area contributed by atoms with Crippen LogP contribution < -0.4 is 11.3 Å². The number of para-hydroxylation sites is 1. The van der Waals surface area contributed by atoms with Gasteiger partial charge in [0.2, 0.25) is 0 Å². The molecule has 0 aliphatic heterocycles. The first kappa shape index (κ1) is 19.1. The van der Waals surface area contributed by atoms with E-state index in [1.807, 2.05) is 24.3 Å². The molecular formula is C23H16N2O5S. The predicted molar refractivity (Wildman–Crippen MR) is 118 cm³/mol. The van der Waals surface area contributed by atoms with Gasteiger partial charge in [-0.15, -0.1) is 0 Å². The molecule has 0 bridgehead atoms. The Morgan fingerprint density at radius 2 is 1.55 bits per heavy atom. The molecule has 2 aromatic heterocycles. The van der Waals surface area contributed by atoms with Gasteiger partial charge < -0.3 is 4.42 Å². The second-order valence-corrected chi connectivity index (χ2v) is 9.24. The molecule has 0 radical (unpaired) electrons. The highest BCUT2D eigenvalue weighted by atomic mass is 32.2. The van der Waals surface area contributed by atoms with Crippen LogP contribution in [0.4, 0.5) is 0 Å². The fourth-order valence-electron chi connectivity index (χ4n) is 3.69. The zero-order valence-electron chi connectivity index (χ0n) is 16.3. The van der Waals surface area contributed by atoms with Gasteiger partial charge >= 0.3 is 11.3 Å². The molecule has 5 aromatic rings.